The predicted octanol–water partition coefficient (Wildman–Crippen LogP) is 4.31. The van der Waals surface area contributed by atoms with E-state index in [1.165, 1.54) is 83.2 Å². The van der Waals surface area contributed by atoms with Crippen LogP contribution in [-0.2, 0) is 4.43 Å². The Kier molecular flexibility index (Phi) is 16.1. The normalized spacial score (nSPS) is 12.7. The predicted molar refractivity (Wildman–Crippen MR) is 120 cm³/mol. The van der Waals surface area contributed by atoms with Gasteiger partial charge in [0.15, 0.2) is 0 Å². The molecule has 0 saturated heterocycles. The highest BCUT2D eigenvalue weighted by Crippen LogP contribution is 2.19. The lowest BCUT2D eigenvalue weighted by Gasteiger charge is -2.35. The first-order valence-electron chi connectivity index (χ1n) is 11.2. The first-order valence-corrected chi connectivity index (χ1v) is 13.7. The molecule has 5 heteroatoms. The van der Waals surface area contributed by atoms with Gasteiger partial charge in [0.25, 0.3) is 0 Å². The Labute approximate surface area is 166 Å². The summed E-state index contributed by atoms with van der Waals surface area (Å²) in [7, 11) is 2.92. The molecule has 26 heavy (non-hydrogen) atoms. The summed E-state index contributed by atoms with van der Waals surface area (Å²) in [4.78, 5) is 7.68. The van der Waals surface area contributed by atoms with Gasteiger partial charge in [-0.2, -0.15) is 0 Å². The van der Waals surface area contributed by atoms with E-state index in [0.717, 1.165) is 6.61 Å². The van der Waals surface area contributed by atoms with Gasteiger partial charge in [0.2, 0.25) is 8.32 Å². The van der Waals surface area contributed by atoms with Gasteiger partial charge >= 0.3 is 0 Å². The molecule has 0 rings (SSSR count). The van der Waals surface area contributed by atoms with Crippen molar-refractivity contribution < 1.29 is 4.43 Å². The van der Waals surface area contributed by atoms with Gasteiger partial charge in [0, 0.05) is 12.8 Å². The van der Waals surface area contributed by atoms with Crippen molar-refractivity contribution >= 4 is 8.32 Å². The molecule has 0 aromatic rings. The molecule has 0 N–H and O–H groups in total. The molecule has 0 fully saturated rings. The van der Waals surface area contributed by atoms with Crippen molar-refractivity contribution in [3.8, 4) is 0 Å². The Morgan fingerprint density at radius 1 is 0.654 bits per heavy atom. The molecular formula is C21H49N3OSi. The zero-order valence-corrected chi connectivity index (χ0v) is 20.1. The largest absolute Gasteiger partial charge is 0.416 e. The van der Waals surface area contributed by atoms with Gasteiger partial charge < -0.3 is 19.1 Å². The van der Waals surface area contributed by atoms with Crippen LogP contribution in [0.4, 0.5) is 0 Å². The topological polar surface area (TPSA) is 19.0 Å². The van der Waals surface area contributed by atoms with Gasteiger partial charge in [-0.25, -0.2) is 0 Å². The van der Waals surface area contributed by atoms with E-state index in [4.69, 9.17) is 4.43 Å². The van der Waals surface area contributed by atoms with E-state index in [9.17, 15) is 0 Å². The van der Waals surface area contributed by atoms with Crippen LogP contribution in [0.15, 0.2) is 0 Å². The molecule has 0 aliphatic carbocycles. The van der Waals surface area contributed by atoms with E-state index in [-0.39, 0.29) is 0 Å². The minimum atomic E-state index is -1.59. The molecule has 0 aromatic heterocycles. The van der Waals surface area contributed by atoms with Crippen molar-refractivity contribution in [2.45, 2.75) is 72.4 Å². The van der Waals surface area contributed by atoms with Crippen molar-refractivity contribution in [3.05, 3.63) is 0 Å². The summed E-state index contributed by atoms with van der Waals surface area (Å²) in [6.45, 7) is 19.5. The fourth-order valence-electron chi connectivity index (χ4n) is 3.82. The fraction of sp³-hybridized carbons (Fsp3) is 1.00. The highest BCUT2D eigenvalue weighted by Gasteiger charge is 2.32. The molecular weight excluding hydrogens is 338 g/mol. The monoisotopic (exact) mass is 387 g/mol. The zero-order chi connectivity index (χ0) is 19.8. The maximum Gasteiger partial charge on any atom is 0.205 e. The molecule has 0 unspecified atom stereocenters. The third-order valence-corrected chi connectivity index (χ3v) is 9.99. The summed E-state index contributed by atoms with van der Waals surface area (Å²) in [6.07, 6.45) is 6.24. The van der Waals surface area contributed by atoms with Crippen molar-refractivity contribution in [2.24, 2.45) is 0 Å². The second-order valence-corrected chi connectivity index (χ2v) is 12.3. The van der Waals surface area contributed by atoms with Crippen LogP contribution in [0.5, 0.6) is 0 Å². The van der Waals surface area contributed by atoms with E-state index in [2.05, 4.69) is 63.4 Å². The number of rotatable bonds is 18. The summed E-state index contributed by atoms with van der Waals surface area (Å²) >= 11 is 0. The lowest BCUT2D eigenvalue weighted by atomic mass is 10.3. The van der Waals surface area contributed by atoms with Gasteiger partial charge in [0.1, 0.15) is 0 Å². The van der Waals surface area contributed by atoms with Crippen molar-refractivity contribution in [3.63, 3.8) is 0 Å². The van der Waals surface area contributed by atoms with E-state index >= 15 is 0 Å². The van der Waals surface area contributed by atoms with Crippen molar-refractivity contribution in [1.29, 1.82) is 0 Å². The van der Waals surface area contributed by atoms with Crippen LogP contribution in [0.2, 0.25) is 12.1 Å². The number of nitrogens with zero attached hydrogens (tertiary/aromatic N) is 3. The Hall–Kier alpha value is 0.0569. The quantitative estimate of drug-likeness (QED) is 0.326. The highest BCUT2D eigenvalue weighted by atomic mass is 28.4. The molecule has 0 radical (unpaired) electrons. The minimum absolute atomic E-state index is 0.875. The average Bonchev–Trinajstić information content (AvgIpc) is 2.61. The van der Waals surface area contributed by atoms with E-state index in [1.807, 2.05) is 0 Å². The first-order chi connectivity index (χ1) is 12.5. The van der Waals surface area contributed by atoms with Gasteiger partial charge in [-0.3, -0.25) is 0 Å². The van der Waals surface area contributed by atoms with Crippen LogP contribution in [0, 0.1) is 0 Å². The Bertz CT molecular complexity index is 296. The van der Waals surface area contributed by atoms with Gasteiger partial charge in [-0.1, -0.05) is 27.7 Å². The SMILES string of the molecule is CCCN(C)CCCN(CCCN(C)CCC)C[Si](CC)(CC)OCC. The van der Waals surface area contributed by atoms with Crippen LogP contribution in [0.25, 0.3) is 0 Å². The number of hydrogen-bond acceptors (Lipinski definition) is 4. The van der Waals surface area contributed by atoms with Crippen LogP contribution in [0.1, 0.15) is 60.3 Å². The molecule has 4 nitrogen and oxygen atoms in total. The van der Waals surface area contributed by atoms with Gasteiger partial charge in [-0.15, -0.1) is 0 Å². The Morgan fingerprint density at radius 2 is 1.12 bits per heavy atom. The molecule has 0 saturated carbocycles. The molecule has 0 amide bonds. The number of hydrogen-bond donors (Lipinski definition) is 0. The highest BCUT2D eigenvalue weighted by molar-refractivity contribution is 6.73. The Morgan fingerprint density at radius 3 is 1.46 bits per heavy atom. The van der Waals surface area contributed by atoms with Crippen molar-refractivity contribution in [2.75, 3.05) is 66.1 Å². The molecule has 158 valence electrons. The summed E-state index contributed by atoms with van der Waals surface area (Å²) in [5.41, 5.74) is 0. The second-order valence-electron chi connectivity index (χ2n) is 7.91. The maximum absolute atomic E-state index is 6.37. The first kappa shape index (κ1) is 26.1. The van der Waals surface area contributed by atoms with Crippen molar-refractivity contribution in [1.82, 2.24) is 14.7 Å². The lowest BCUT2D eigenvalue weighted by Crippen LogP contribution is -2.50. The molecule has 0 atom stereocenters. The molecule has 0 aliphatic heterocycles. The van der Waals surface area contributed by atoms with Crippen LogP contribution in [0.3, 0.4) is 0 Å². The van der Waals surface area contributed by atoms with Crippen LogP contribution < -0.4 is 0 Å². The third kappa shape index (κ3) is 11.7. The van der Waals surface area contributed by atoms with E-state index in [0.29, 0.717) is 0 Å². The minimum Gasteiger partial charge on any atom is -0.416 e. The summed E-state index contributed by atoms with van der Waals surface area (Å²) in [5.74, 6) is 0. The Balaban J connectivity index is 4.64. The molecule has 0 bridgehead atoms. The molecule has 0 aliphatic rings. The van der Waals surface area contributed by atoms with Gasteiger partial charge in [-0.05, 0) is 98.1 Å². The van der Waals surface area contributed by atoms with E-state index in [1.54, 1.807) is 0 Å². The molecule has 0 heterocycles. The summed E-state index contributed by atoms with van der Waals surface area (Å²) in [6, 6.07) is 2.47. The van der Waals surface area contributed by atoms with Gasteiger partial charge in [0.05, 0.1) is 0 Å². The summed E-state index contributed by atoms with van der Waals surface area (Å²) < 4.78 is 6.37. The molecule has 0 spiro atoms. The molecule has 0 aromatic carbocycles. The second kappa shape index (κ2) is 16.1. The average molecular weight is 388 g/mol. The summed E-state index contributed by atoms with van der Waals surface area (Å²) in [5, 5.41) is 0. The fourth-order valence-corrected chi connectivity index (χ4v) is 7.01. The third-order valence-electron chi connectivity index (χ3n) is 5.49. The maximum atomic E-state index is 6.37. The van der Waals surface area contributed by atoms with Crippen LogP contribution >= 0.6 is 0 Å². The zero-order valence-electron chi connectivity index (χ0n) is 19.1. The van der Waals surface area contributed by atoms with Crippen LogP contribution in [-0.4, -0.2) is 89.2 Å². The van der Waals surface area contributed by atoms with E-state index < -0.39 is 8.32 Å². The lowest BCUT2D eigenvalue weighted by molar-refractivity contribution is 0.229. The smallest absolute Gasteiger partial charge is 0.205 e. The standard InChI is InChI=1S/C21H49N3OSi/c1-8-15-22(6)17-13-19-24(20-14-18-23(7)16-9-2)21-26(11-4,12-5)25-10-3/h8-21H2,1-7H3.